The van der Waals surface area contributed by atoms with Gasteiger partial charge in [0.05, 0.1) is 18.1 Å². The summed E-state index contributed by atoms with van der Waals surface area (Å²) in [5.41, 5.74) is 0.469. The third-order valence-corrected chi connectivity index (χ3v) is 5.15. The lowest BCUT2D eigenvalue weighted by Gasteiger charge is -2.15. The molecule has 1 atom stereocenters. The minimum absolute atomic E-state index is 0.133. The van der Waals surface area contributed by atoms with Gasteiger partial charge in [-0.15, -0.1) is 0 Å². The molecule has 0 bridgehead atoms. The standard InChI is InChI=1S/C14H23NO4S2/c1-4-19-14-6-5-13(9-12(14)10-16)21(17,18)15-11(2)7-8-20-3/h5-6,9,11,15-16H,4,7-8,10H2,1-3H3. The van der Waals surface area contributed by atoms with Crippen LogP contribution in [0.3, 0.4) is 0 Å². The molecule has 0 heterocycles. The Labute approximate surface area is 131 Å². The van der Waals surface area contributed by atoms with E-state index in [-0.39, 0.29) is 17.5 Å². The van der Waals surface area contributed by atoms with Gasteiger partial charge in [-0.3, -0.25) is 0 Å². The molecular formula is C14H23NO4S2. The van der Waals surface area contributed by atoms with E-state index >= 15 is 0 Å². The molecule has 7 heteroatoms. The second-order valence-electron chi connectivity index (χ2n) is 4.66. The van der Waals surface area contributed by atoms with Crippen molar-refractivity contribution in [3.05, 3.63) is 23.8 Å². The van der Waals surface area contributed by atoms with Gasteiger partial charge in [0.25, 0.3) is 0 Å². The summed E-state index contributed by atoms with van der Waals surface area (Å²) in [5, 5.41) is 9.34. The first-order chi connectivity index (χ1) is 9.94. The highest BCUT2D eigenvalue weighted by Crippen LogP contribution is 2.23. The molecule has 1 aromatic rings. The minimum atomic E-state index is -3.58. The van der Waals surface area contributed by atoms with Crippen molar-refractivity contribution in [3.63, 3.8) is 0 Å². The Morgan fingerprint density at radius 1 is 1.43 bits per heavy atom. The van der Waals surface area contributed by atoms with Crippen LogP contribution in [0.5, 0.6) is 5.75 Å². The summed E-state index contributed by atoms with van der Waals surface area (Å²) < 4.78 is 32.6. The van der Waals surface area contributed by atoms with Crippen molar-refractivity contribution in [2.45, 2.75) is 37.8 Å². The zero-order valence-electron chi connectivity index (χ0n) is 12.6. The molecule has 0 aliphatic rings. The number of aliphatic hydroxyl groups excluding tert-OH is 1. The summed E-state index contributed by atoms with van der Waals surface area (Å²) in [5.74, 6) is 1.41. The summed E-state index contributed by atoms with van der Waals surface area (Å²) in [6.45, 7) is 3.87. The summed E-state index contributed by atoms with van der Waals surface area (Å²) >= 11 is 1.68. The molecule has 1 unspecified atom stereocenters. The van der Waals surface area contributed by atoms with Crippen LogP contribution in [-0.4, -0.2) is 38.2 Å². The lowest BCUT2D eigenvalue weighted by atomic mass is 10.2. The Kier molecular flexibility index (Phi) is 7.51. The van der Waals surface area contributed by atoms with Crippen molar-refractivity contribution < 1.29 is 18.3 Å². The fraction of sp³-hybridized carbons (Fsp3) is 0.571. The fourth-order valence-electron chi connectivity index (χ4n) is 1.83. The van der Waals surface area contributed by atoms with Crippen LogP contribution in [-0.2, 0) is 16.6 Å². The van der Waals surface area contributed by atoms with Crippen molar-refractivity contribution in [1.29, 1.82) is 0 Å². The van der Waals surface area contributed by atoms with E-state index in [1.54, 1.807) is 17.8 Å². The number of benzene rings is 1. The minimum Gasteiger partial charge on any atom is -0.494 e. The van der Waals surface area contributed by atoms with Gasteiger partial charge in [0.15, 0.2) is 0 Å². The Bertz CT molecular complexity index is 546. The zero-order valence-corrected chi connectivity index (χ0v) is 14.3. The van der Waals surface area contributed by atoms with Gasteiger partial charge >= 0.3 is 0 Å². The van der Waals surface area contributed by atoms with Gasteiger partial charge in [-0.1, -0.05) is 0 Å². The second kappa shape index (κ2) is 8.63. The quantitative estimate of drug-likeness (QED) is 0.723. The van der Waals surface area contributed by atoms with Crippen molar-refractivity contribution in [2.24, 2.45) is 0 Å². The topological polar surface area (TPSA) is 75.6 Å². The Balaban J connectivity index is 2.92. The molecule has 1 aromatic carbocycles. The summed E-state index contributed by atoms with van der Waals surface area (Å²) in [6.07, 6.45) is 2.76. The Morgan fingerprint density at radius 3 is 2.71 bits per heavy atom. The van der Waals surface area contributed by atoms with Crippen molar-refractivity contribution in [1.82, 2.24) is 4.72 Å². The van der Waals surface area contributed by atoms with Crippen LogP contribution in [0.1, 0.15) is 25.8 Å². The van der Waals surface area contributed by atoms with Crippen LogP contribution in [0.2, 0.25) is 0 Å². The van der Waals surface area contributed by atoms with E-state index in [1.165, 1.54) is 12.1 Å². The number of thioether (sulfide) groups is 1. The molecule has 2 N–H and O–H groups in total. The number of hydrogen-bond acceptors (Lipinski definition) is 5. The molecule has 5 nitrogen and oxygen atoms in total. The van der Waals surface area contributed by atoms with Crippen LogP contribution in [0, 0.1) is 0 Å². The van der Waals surface area contributed by atoms with Gasteiger partial charge in [-0.25, -0.2) is 13.1 Å². The zero-order chi connectivity index (χ0) is 15.9. The van der Waals surface area contributed by atoms with Crippen LogP contribution >= 0.6 is 11.8 Å². The highest BCUT2D eigenvalue weighted by molar-refractivity contribution is 7.98. The van der Waals surface area contributed by atoms with E-state index in [0.717, 1.165) is 12.2 Å². The normalized spacial score (nSPS) is 13.1. The average Bonchev–Trinajstić information content (AvgIpc) is 2.45. The monoisotopic (exact) mass is 333 g/mol. The van der Waals surface area contributed by atoms with Gasteiger partial charge in [0.2, 0.25) is 10.0 Å². The first kappa shape index (κ1) is 18.3. The molecular weight excluding hydrogens is 310 g/mol. The maximum atomic E-state index is 12.3. The first-order valence-corrected chi connectivity index (χ1v) is 9.70. The molecule has 1 rings (SSSR count). The molecule has 0 aliphatic heterocycles. The number of nitrogens with one attached hydrogen (secondary N) is 1. The number of ether oxygens (including phenoxy) is 1. The predicted octanol–water partition coefficient (Wildman–Crippen LogP) is 2.00. The van der Waals surface area contributed by atoms with Crippen LogP contribution in [0.4, 0.5) is 0 Å². The molecule has 0 saturated heterocycles. The second-order valence-corrected chi connectivity index (χ2v) is 7.36. The van der Waals surface area contributed by atoms with Crippen LogP contribution < -0.4 is 9.46 Å². The number of aliphatic hydroxyl groups is 1. The van der Waals surface area contributed by atoms with Gasteiger partial charge in [0.1, 0.15) is 5.75 Å². The molecule has 0 aromatic heterocycles. The third kappa shape index (κ3) is 5.50. The molecule has 0 radical (unpaired) electrons. The van der Waals surface area contributed by atoms with Gasteiger partial charge < -0.3 is 9.84 Å². The predicted molar refractivity (Wildman–Crippen MR) is 86.3 cm³/mol. The Hall–Kier alpha value is -0.760. The lowest BCUT2D eigenvalue weighted by molar-refractivity contribution is 0.266. The number of hydrogen-bond donors (Lipinski definition) is 2. The Morgan fingerprint density at radius 2 is 2.14 bits per heavy atom. The van der Waals surface area contributed by atoms with Crippen LogP contribution in [0.25, 0.3) is 0 Å². The van der Waals surface area contributed by atoms with E-state index < -0.39 is 10.0 Å². The fourth-order valence-corrected chi connectivity index (χ4v) is 3.75. The summed E-state index contributed by atoms with van der Waals surface area (Å²) in [6, 6.07) is 4.39. The highest BCUT2D eigenvalue weighted by Gasteiger charge is 2.18. The molecule has 0 aliphatic carbocycles. The summed E-state index contributed by atoms with van der Waals surface area (Å²) in [4.78, 5) is 0.144. The first-order valence-electron chi connectivity index (χ1n) is 6.82. The van der Waals surface area contributed by atoms with Crippen molar-refractivity contribution in [2.75, 3.05) is 18.6 Å². The van der Waals surface area contributed by atoms with Gasteiger partial charge in [-0.05, 0) is 50.5 Å². The average molecular weight is 333 g/mol. The van der Waals surface area contributed by atoms with Crippen molar-refractivity contribution in [3.8, 4) is 5.75 Å². The highest BCUT2D eigenvalue weighted by atomic mass is 32.2. The molecule has 0 amide bonds. The SMILES string of the molecule is CCOc1ccc(S(=O)(=O)NC(C)CCSC)cc1CO. The smallest absolute Gasteiger partial charge is 0.240 e. The molecule has 21 heavy (non-hydrogen) atoms. The largest absolute Gasteiger partial charge is 0.494 e. The van der Waals surface area contributed by atoms with E-state index in [0.29, 0.717) is 17.9 Å². The number of sulfonamides is 1. The van der Waals surface area contributed by atoms with E-state index in [9.17, 15) is 13.5 Å². The number of rotatable bonds is 9. The lowest BCUT2D eigenvalue weighted by Crippen LogP contribution is -2.33. The summed E-state index contributed by atoms with van der Waals surface area (Å²) in [7, 11) is -3.58. The van der Waals surface area contributed by atoms with Crippen LogP contribution in [0.15, 0.2) is 23.1 Å². The van der Waals surface area contributed by atoms with E-state index in [2.05, 4.69) is 4.72 Å². The molecule has 0 spiro atoms. The maximum Gasteiger partial charge on any atom is 0.240 e. The third-order valence-electron chi connectivity index (χ3n) is 2.92. The van der Waals surface area contributed by atoms with Gasteiger partial charge in [-0.2, -0.15) is 11.8 Å². The van der Waals surface area contributed by atoms with E-state index in [1.807, 2.05) is 20.1 Å². The van der Waals surface area contributed by atoms with E-state index in [4.69, 9.17) is 4.74 Å². The maximum absolute atomic E-state index is 12.3. The molecule has 0 fully saturated rings. The molecule has 0 saturated carbocycles. The van der Waals surface area contributed by atoms with Crippen molar-refractivity contribution >= 4 is 21.8 Å². The molecule has 120 valence electrons. The van der Waals surface area contributed by atoms with Gasteiger partial charge in [0, 0.05) is 11.6 Å².